The summed E-state index contributed by atoms with van der Waals surface area (Å²) in [6.45, 7) is -0.841. The maximum atomic E-state index is 13.5. The maximum absolute atomic E-state index is 13.5. The molecule has 2 aromatic carbocycles. The van der Waals surface area contributed by atoms with Gasteiger partial charge in [0.15, 0.2) is 0 Å². The highest BCUT2D eigenvalue weighted by Crippen LogP contribution is 2.29. The van der Waals surface area contributed by atoms with Crippen LogP contribution in [0.5, 0.6) is 0 Å². The molecular formula is C15H10F2N2O4S. The van der Waals surface area contributed by atoms with E-state index in [1.165, 1.54) is 24.3 Å². The molecule has 0 atom stereocenters. The molecule has 3 rings (SSSR count). The van der Waals surface area contributed by atoms with Crippen LogP contribution in [-0.4, -0.2) is 31.1 Å². The van der Waals surface area contributed by atoms with Crippen LogP contribution in [0.4, 0.5) is 14.5 Å². The maximum Gasteiger partial charge on any atom is 0.269 e. The summed E-state index contributed by atoms with van der Waals surface area (Å²) >= 11 is 0. The fraction of sp³-hybridized carbons (Fsp3) is 0.0667. The van der Waals surface area contributed by atoms with E-state index < -0.39 is 45.7 Å². The van der Waals surface area contributed by atoms with Crippen LogP contribution in [0, 0.1) is 11.6 Å². The van der Waals surface area contributed by atoms with Gasteiger partial charge >= 0.3 is 0 Å². The third-order valence-corrected chi connectivity index (χ3v) is 5.19. The number of carbonyl (C=O) groups is 2. The normalized spacial score (nSPS) is 15.2. The Labute approximate surface area is 135 Å². The number of hydrogen-bond acceptors (Lipinski definition) is 4. The van der Waals surface area contributed by atoms with E-state index in [0.717, 1.165) is 18.2 Å². The predicted molar refractivity (Wildman–Crippen MR) is 79.7 cm³/mol. The van der Waals surface area contributed by atoms with Crippen LogP contribution >= 0.6 is 0 Å². The van der Waals surface area contributed by atoms with E-state index in [-0.39, 0.29) is 10.5 Å². The quantitative estimate of drug-likeness (QED) is 0.912. The summed E-state index contributed by atoms with van der Waals surface area (Å²) in [5, 5.41) is 2.05. The van der Waals surface area contributed by atoms with Gasteiger partial charge in [0.1, 0.15) is 23.1 Å². The summed E-state index contributed by atoms with van der Waals surface area (Å²) in [6, 6.07) is 7.98. The van der Waals surface area contributed by atoms with E-state index in [1.54, 1.807) is 0 Å². The Morgan fingerprint density at radius 2 is 1.83 bits per heavy atom. The molecule has 0 fully saturated rings. The van der Waals surface area contributed by atoms with Crippen LogP contribution in [0.1, 0.15) is 10.4 Å². The van der Waals surface area contributed by atoms with Gasteiger partial charge in [-0.15, -0.1) is 0 Å². The second-order valence-corrected chi connectivity index (χ2v) is 6.82. The summed E-state index contributed by atoms with van der Waals surface area (Å²) in [5.41, 5.74) is -0.483. The Hall–Kier alpha value is -2.81. The van der Waals surface area contributed by atoms with E-state index in [9.17, 15) is 26.8 Å². The number of benzene rings is 2. The van der Waals surface area contributed by atoms with Crippen LogP contribution in [-0.2, 0) is 14.8 Å². The zero-order chi connectivity index (χ0) is 17.5. The van der Waals surface area contributed by atoms with Crippen LogP contribution in [0.2, 0.25) is 0 Å². The van der Waals surface area contributed by atoms with Gasteiger partial charge in [-0.2, -0.15) is 0 Å². The molecule has 24 heavy (non-hydrogen) atoms. The molecule has 0 spiro atoms. The Balaban J connectivity index is 1.83. The Morgan fingerprint density at radius 1 is 1.12 bits per heavy atom. The third kappa shape index (κ3) is 2.62. The standard InChI is InChI=1S/C15H10F2N2O4S/c16-9-5-6-11(17)12(7-9)18-14(20)8-19-15(21)10-3-1-2-4-13(10)24(19,22)23/h1-7H,8H2,(H,18,20). The molecule has 0 unspecified atom stereocenters. The zero-order valence-corrected chi connectivity index (χ0v) is 12.8. The van der Waals surface area contributed by atoms with Crippen LogP contribution in [0.3, 0.4) is 0 Å². The lowest BCUT2D eigenvalue weighted by Gasteiger charge is -2.15. The first-order valence-electron chi connectivity index (χ1n) is 6.72. The fourth-order valence-electron chi connectivity index (χ4n) is 2.30. The minimum Gasteiger partial charge on any atom is -0.322 e. The summed E-state index contributed by atoms with van der Waals surface area (Å²) < 4.78 is 51.6. The monoisotopic (exact) mass is 352 g/mol. The molecule has 0 saturated carbocycles. The fourth-order valence-corrected chi connectivity index (χ4v) is 3.83. The van der Waals surface area contributed by atoms with Crippen molar-refractivity contribution >= 4 is 27.5 Å². The molecule has 124 valence electrons. The van der Waals surface area contributed by atoms with Crippen molar-refractivity contribution in [1.29, 1.82) is 0 Å². The second-order valence-electron chi connectivity index (χ2n) is 4.99. The van der Waals surface area contributed by atoms with Crippen molar-refractivity contribution in [3.8, 4) is 0 Å². The lowest BCUT2D eigenvalue weighted by Crippen LogP contribution is -2.37. The van der Waals surface area contributed by atoms with E-state index in [1.807, 2.05) is 0 Å². The molecule has 0 bridgehead atoms. The van der Waals surface area contributed by atoms with Crippen molar-refractivity contribution in [3.63, 3.8) is 0 Å². The van der Waals surface area contributed by atoms with Crippen LogP contribution < -0.4 is 5.32 Å². The number of nitrogens with zero attached hydrogens (tertiary/aromatic N) is 1. The summed E-state index contributed by atoms with van der Waals surface area (Å²) in [6.07, 6.45) is 0. The summed E-state index contributed by atoms with van der Waals surface area (Å²) in [7, 11) is -4.15. The summed E-state index contributed by atoms with van der Waals surface area (Å²) in [4.78, 5) is 23.9. The van der Waals surface area contributed by atoms with Gasteiger partial charge in [0.25, 0.3) is 15.9 Å². The molecular weight excluding hydrogens is 342 g/mol. The molecule has 1 aliphatic heterocycles. The third-order valence-electron chi connectivity index (χ3n) is 3.40. The lowest BCUT2D eigenvalue weighted by molar-refractivity contribution is -0.116. The number of sulfonamides is 1. The second kappa shape index (κ2) is 5.68. The Kier molecular flexibility index (Phi) is 3.80. The average molecular weight is 352 g/mol. The van der Waals surface area contributed by atoms with Gasteiger partial charge in [-0.05, 0) is 24.3 Å². The van der Waals surface area contributed by atoms with Crippen molar-refractivity contribution < 1.29 is 26.8 Å². The van der Waals surface area contributed by atoms with Crippen molar-refractivity contribution in [2.75, 3.05) is 11.9 Å². The number of nitrogens with one attached hydrogen (secondary N) is 1. The van der Waals surface area contributed by atoms with Gasteiger partial charge in [0, 0.05) is 6.07 Å². The molecule has 2 aromatic rings. The van der Waals surface area contributed by atoms with Crippen molar-refractivity contribution in [3.05, 3.63) is 59.7 Å². The van der Waals surface area contributed by atoms with Crippen molar-refractivity contribution in [2.45, 2.75) is 4.90 Å². The largest absolute Gasteiger partial charge is 0.322 e. The SMILES string of the molecule is O=C(CN1C(=O)c2ccccc2S1(=O)=O)Nc1cc(F)ccc1F. The van der Waals surface area contributed by atoms with Crippen molar-refractivity contribution in [1.82, 2.24) is 4.31 Å². The molecule has 6 nitrogen and oxygen atoms in total. The topological polar surface area (TPSA) is 83.6 Å². The first-order valence-corrected chi connectivity index (χ1v) is 8.16. The highest BCUT2D eigenvalue weighted by molar-refractivity contribution is 7.90. The van der Waals surface area contributed by atoms with Gasteiger partial charge in [-0.1, -0.05) is 12.1 Å². The van der Waals surface area contributed by atoms with Crippen LogP contribution in [0.25, 0.3) is 0 Å². The Bertz CT molecular complexity index is 960. The number of hydrogen-bond donors (Lipinski definition) is 1. The Morgan fingerprint density at radius 3 is 2.54 bits per heavy atom. The number of amides is 2. The molecule has 1 N–H and O–H groups in total. The first-order chi connectivity index (χ1) is 11.3. The smallest absolute Gasteiger partial charge is 0.269 e. The van der Waals surface area contributed by atoms with E-state index in [4.69, 9.17) is 0 Å². The predicted octanol–water partition coefficient (Wildman–Crippen LogP) is 1.75. The number of rotatable bonds is 3. The minimum absolute atomic E-state index is 0.0396. The van der Waals surface area contributed by atoms with E-state index in [0.29, 0.717) is 4.31 Å². The molecule has 0 aliphatic carbocycles. The van der Waals surface area contributed by atoms with Gasteiger partial charge < -0.3 is 5.32 Å². The molecule has 0 radical (unpaired) electrons. The summed E-state index contributed by atoms with van der Waals surface area (Å²) in [5.74, 6) is -3.47. The number of halogens is 2. The highest BCUT2D eigenvalue weighted by atomic mass is 32.2. The van der Waals surface area contributed by atoms with Gasteiger partial charge in [0.05, 0.1) is 11.3 Å². The van der Waals surface area contributed by atoms with E-state index in [2.05, 4.69) is 5.32 Å². The minimum atomic E-state index is -4.15. The number of fused-ring (bicyclic) bond motifs is 1. The lowest BCUT2D eigenvalue weighted by atomic mass is 10.2. The average Bonchev–Trinajstić information content (AvgIpc) is 2.72. The molecule has 2 amide bonds. The molecule has 9 heteroatoms. The molecule has 1 aliphatic rings. The molecule has 0 aromatic heterocycles. The van der Waals surface area contributed by atoms with Crippen LogP contribution in [0.15, 0.2) is 47.4 Å². The highest BCUT2D eigenvalue weighted by Gasteiger charge is 2.41. The number of anilines is 1. The van der Waals surface area contributed by atoms with Gasteiger partial charge in [0.2, 0.25) is 5.91 Å². The number of carbonyl (C=O) groups excluding carboxylic acids is 2. The molecule has 1 heterocycles. The first kappa shape index (κ1) is 16.1. The van der Waals surface area contributed by atoms with Crippen molar-refractivity contribution in [2.24, 2.45) is 0 Å². The van der Waals surface area contributed by atoms with Gasteiger partial charge in [-0.3, -0.25) is 9.59 Å². The zero-order valence-electron chi connectivity index (χ0n) is 12.0. The molecule has 0 saturated heterocycles. The van der Waals surface area contributed by atoms with E-state index >= 15 is 0 Å². The van der Waals surface area contributed by atoms with Gasteiger partial charge in [-0.25, -0.2) is 21.5 Å².